The van der Waals surface area contributed by atoms with E-state index in [2.05, 4.69) is 10.1 Å². The standard InChI is InChI=1S/C12H9FN4O4/c13-7-1-3-8(4-2-7)21-10-6-5-9(17(19)20)11(15-10)12(14)16-18/h1-6,18H,(H2,14,16). The molecule has 0 bridgehead atoms. The molecule has 0 aliphatic rings. The number of halogens is 1. The topological polar surface area (TPSA) is 124 Å². The van der Waals surface area contributed by atoms with Gasteiger partial charge in [-0.1, -0.05) is 5.16 Å². The number of nitrogens with two attached hydrogens (primary N) is 1. The molecule has 2 aromatic rings. The van der Waals surface area contributed by atoms with Gasteiger partial charge in [0.15, 0.2) is 11.5 Å². The summed E-state index contributed by atoms with van der Waals surface area (Å²) in [7, 11) is 0. The van der Waals surface area contributed by atoms with Crippen molar-refractivity contribution in [2.45, 2.75) is 0 Å². The Morgan fingerprint density at radius 1 is 1.33 bits per heavy atom. The molecule has 0 amide bonds. The SMILES string of the molecule is N/C(=N/O)c1nc(Oc2ccc(F)cc2)ccc1[N+](=O)[O-]. The van der Waals surface area contributed by atoms with E-state index in [4.69, 9.17) is 15.7 Å². The second-order valence-electron chi connectivity index (χ2n) is 3.82. The maximum atomic E-state index is 12.8. The molecule has 9 heteroatoms. The third-order valence-corrected chi connectivity index (χ3v) is 2.43. The summed E-state index contributed by atoms with van der Waals surface area (Å²) < 4.78 is 18.1. The van der Waals surface area contributed by atoms with E-state index in [1.165, 1.54) is 30.3 Å². The van der Waals surface area contributed by atoms with E-state index in [1.54, 1.807) is 0 Å². The Morgan fingerprint density at radius 3 is 2.57 bits per heavy atom. The Balaban J connectivity index is 2.37. The van der Waals surface area contributed by atoms with E-state index >= 15 is 0 Å². The van der Waals surface area contributed by atoms with E-state index in [0.717, 1.165) is 6.07 Å². The highest BCUT2D eigenvalue weighted by Gasteiger charge is 2.20. The van der Waals surface area contributed by atoms with Crippen LogP contribution in [0, 0.1) is 15.9 Å². The first-order valence-corrected chi connectivity index (χ1v) is 5.58. The highest BCUT2D eigenvalue weighted by atomic mass is 19.1. The molecule has 0 radical (unpaired) electrons. The lowest BCUT2D eigenvalue weighted by atomic mass is 10.3. The molecule has 0 unspecified atom stereocenters. The smallest absolute Gasteiger partial charge is 0.299 e. The number of nitro groups is 1. The minimum absolute atomic E-state index is 0.0196. The number of rotatable bonds is 4. The van der Waals surface area contributed by atoms with Crippen molar-refractivity contribution in [3.05, 3.63) is 58.0 Å². The molecule has 0 saturated carbocycles. The molecule has 0 spiro atoms. The molecule has 0 atom stereocenters. The zero-order valence-electron chi connectivity index (χ0n) is 10.4. The van der Waals surface area contributed by atoms with Crippen LogP contribution < -0.4 is 10.5 Å². The predicted molar refractivity (Wildman–Crippen MR) is 69.9 cm³/mol. The number of hydrogen-bond acceptors (Lipinski definition) is 6. The van der Waals surface area contributed by atoms with E-state index in [-0.39, 0.29) is 17.3 Å². The fraction of sp³-hybridized carbons (Fsp3) is 0. The summed E-state index contributed by atoms with van der Waals surface area (Å²) in [6.07, 6.45) is 0. The van der Waals surface area contributed by atoms with Crippen LogP contribution in [0.5, 0.6) is 11.6 Å². The number of amidine groups is 1. The summed E-state index contributed by atoms with van der Waals surface area (Å²) in [6.45, 7) is 0. The average molecular weight is 292 g/mol. The Labute approximate surface area is 117 Å². The molecule has 0 fully saturated rings. The molecular weight excluding hydrogens is 283 g/mol. The summed E-state index contributed by atoms with van der Waals surface area (Å²) in [4.78, 5) is 13.9. The number of nitrogens with zero attached hydrogens (tertiary/aromatic N) is 3. The Morgan fingerprint density at radius 2 is 2.00 bits per heavy atom. The summed E-state index contributed by atoms with van der Waals surface area (Å²) in [5, 5.41) is 22.1. The molecule has 0 aliphatic carbocycles. The summed E-state index contributed by atoms with van der Waals surface area (Å²) in [6, 6.07) is 7.45. The van der Waals surface area contributed by atoms with Gasteiger partial charge in [-0.15, -0.1) is 0 Å². The molecule has 21 heavy (non-hydrogen) atoms. The first-order valence-electron chi connectivity index (χ1n) is 5.58. The fourth-order valence-corrected chi connectivity index (χ4v) is 1.50. The number of oxime groups is 1. The lowest BCUT2D eigenvalue weighted by Crippen LogP contribution is -2.17. The molecule has 2 rings (SSSR count). The van der Waals surface area contributed by atoms with Gasteiger partial charge in [0.1, 0.15) is 11.6 Å². The second kappa shape index (κ2) is 5.82. The molecule has 3 N–H and O–H groups in total. The second-order valence-corrected chi connectivity index (χ2v) is 3.82. The van der Waals surface area contributed by atoms with Gasteiger partial charge in [0.05, 0.1) is 4.92 Å². The third-order valence-electron chi connectivity index (χ3n) is 2.43. The van der Waals surface area contributed by atoms with Crippen LogP contribution in [0.1, 0.15) is 5.69 Å². The Bertz CT molecular complexity index is 703. The van der Waals surface area contributed by atoms with Gasteiger partial charge in [-0.25, -0.2) is 9.37 Å². The molecule has 1 aromatic heterocycles. The monoisotopic (exact) mass is 292 g/mol. The zero-order chi connectivity index (χ0) is 15.4. The van der Waals surface area contributed by atoms with Crippen LogP contribution >= 0.6 is 0 Å². The van der Waals surface area contributed by atoms with Crippen molar-refractivity contribution < 1.29 is 19.3 Å². The van der Waals surface area contributed by atoms with Crippen molar-refractivity contribution in [3.8, 4) is 11.6 Å². The fourth-order valence-electron chi connectivity index (χ4n) is 1.50. The predicted octanol–water partition coefficient (Wildman–Crippen LogP) is 2.02. The van der Waals surface area contributed by atoms with Crippen molar-refractivity contribution in [1.82, 2.24) is 4.98 Å². The largest absolute Gasteiger partial charge is 0.439 e. The number of ether oxygens (including phenoxy) is 1. The molecule has 8 nitrogen and oxygen atoms in total. The van der Waals surface area contributed by atoms with Crippen LogP contribution in [0.25, 0.3) is 0 Å². The van der Waals surface area contributed by atoms with Crippen LogP contribution in [0.2, 0.25) is 0 Å². The average Bonchev–Trinajstić information content (AvgIpc) is 2.48. The normalized spacial score (nSPS) is 11.2. The van der Waals surface area contributed by atoms with E-state index in [9.17, 15) is 14.5 Å². The highest BCUT2D eigenvalue weighted by molar-refractivity contribution is 5.98. The van der Waals surface area contributed by atoms with Crippen LogP contribution in [0.3, 0.4) is 0 Å². The molecule has 1 heterocycles. The van der Waals surface area contributed by atoms with Gasteiger partial charge >= 0.3 is 0 Å². The van der Waals surface area contributed by atoms with Crippen LogP contribution in [0.15, 0.2) is 41.6 Å². The van der Waals surface area contributed by atoms with Gasteiger partial charge in [0.2, 0.25) is 5.88 Å². The third kappa shape index (κ3) is 3.21. The molecular formula is C12H9FN4O4. The molecule has 1 aromatic carbocycles. The molecule has 0 saturated heterocycles. The highest BCUT2D eigenvalue weighted by Crippen LogP contribution is 2.24. The zero-order valence-corrected chi connectivity index (χ0v) is 10.4. The first-order chi connectivity index (χ1) is 10.0. The lowest BCUT2D eigenvalue weighted by molar-refractivity contribution is -0.385. The van der Waals surface area contributed by atoms with Crippen LogP contribution in [-0.4, -0.2) is 21.0 Å². The van der Waals surface area contributed by atoms with E-state index in [0.29, 0.717) is 0 Å². The van der Waals surface area contributed by atoms with Crippen LogP contribution in [-0.2, 0) is 0 Å². The summed E-state index contributed by atoms with van der Waals surface area (Å²) in [5.74, 6) is -0.695. The lowest BCUT2D eigenvalue weighted by Gasteiger charge is -2.06. The number of hydrogen-bond donors (Lipinski definition) is 2. The van der Waals surface area contributed by atoms with Crippen molar-refractivity contribution in [3.63, 3.8) is 0 Å². The van der Waals surface area contributed by atoms with E-state index in [1.807, 2.05) is 0 Å². The van der Waals surface area contributed by atoms with Crippen molar-refractivity contribution in [2.75, 3.05) is 0 Å². The Kier molecular flexibility index (Phi) is 3.93. The van der Waals surface area contributed by atoms with Gasteiger partial charge in [-0.2, -0.15) is 0 Å². The van der Waals surface area contributed by atoms with Gasteiger partial charge in [0, 0.05) is 12.1 Å². The van der Waals surface area contributed by atoms with Crippen LogP contribution in [0.4, 0.5) is 10.1 Å². The van der Waals surface area contributed by atoms with Crippen molar-refractivity contribution in [2.24, 2.45) is 10.9 Å². The molecule has 108 valence electrons. The maximum Gasteiger partial charge on any atom is 0.299 e. The molecule has 0 aliphatic heterocycles. The summed E-state index contributed by atoms with van der Waals surface area (Å²) >= 11 is 0. The van der Waals surface area contributed by atoms with Crippen molar-refractivity contribution >= 4 is 11.5 Å². The summed E-state index contributed by atoms with van der Waals surface area (Å²) in [5.41, 5.74) is 4.58. The minimum Gasteiger partial charge on any atom is -0.439 e. The minimum atomic E-state index is -0.720. The van der Waals surface area contributed by atoms with Gasteiger partial charge in [-0.05, 0) is 24.3 Å². The van der Waals surface area contributed by atoms with Gasteiger partial charge < -0.3 is 15.7 Å². The Hall–Kier alpha value is -3.23. The number of aromatic nitrogens is 1. The number of pyridine rings is 1. The number of benzene rings is 1. The van der Waals surface area contributed by atoms with Crippen molar-refractivity contribution in [1.29, 1.82) is 0 Å². The van der Waals surface area contributed by atoms with E-state index < -0.39 is 22.3 Å². The van der Waals surface area contributed by atoms with Gasteiger partial charge in [0.25, 0.3) is 5.69 Å². The first kappa shape index (κ1) is 14.2. The quantitative estimate of drug-likeness (QED) is 0.292. The van der Waals surface area contributed by atoms with Gasteiger partial charge in [-0.3, -0.25) is 10.1 Å². The maximum absolute atomic E-state index is 12.8.